The molecule has 0 bridgehead atoms. The van der Waals surface area contributed by atoms with Crippen molar-refractivity contribution in [2.45, 2.75) is 19.9 Å². The highest BCUT2D eigenvalue weighted by atomic mass is 35.5. The Labute approximate surface area is 217 Å². The molecule has 1 aliphatic rings. The van der Waals surface area contributed by atoms with E-state index in [1.54, 1.807) is 19.9 Å². The number of carboxylic acid groups (broad SMARTS) is 1. The highest BCUT2D eigenvalue weighted by Crippen LogP contribution is 2.35. The number of aromatic nitrogens is 1. The maximum absolute atomic E-state index is 13.5. The van der Waals surface area contributed by atoms with E-state index in [0.29, 0.717) is 26.2 Å². The van der Waals surface area contributed by atoms with Gasteiger partial charge in [0.15, 0.2) is 17.2 Å². The Morgan fingerprint density at radius 3 is 2.60 bits per heavy atom. The number of aliphatic carboxylic acids is 1. The summed E-state index contributed by atoms with van der Waals surface area (Å²) in [6, 6.07) is 6.10. The van der Waals surface area contributed by atoms with Crippen molar-refractivity contribution in [3.05, 3.63) is 81.1 Å². The van der Waals surface area contributed by atoms with Crippen LogP contribution in [0, 0.1) is 0 Å². The second-order valence-corrected chi connectivity index (χ2v) is 10.1. The van der Waals surface area contributed by atoms with Gasteiger partial charge in [-0.2, -0.15) is 0 Å². The first-order valence-electron chi connectivity index (χ1n) is 10.3. The average molecular weight is 553 g/mol. The molecular weight excluding hydrogens is 535 g/mol. The van der Waals surface area contributed by atoms with Crippen molar-refractivity contribution in [1.82, 2.24) is 4.57 Å². The first kappa shape index (κ1) is 25.2. The fourth-order valence-electron chi connectivity index (χ4n) is 3.59. The van der Waals surface area contributed by atoms with Crippen LogP contribution in [0.25, 0.3) is 6.08 Å². The molecule has 8 nitrogen and oxygen atoms in total. The summed E-state index contributed by atoms with van der Waals surface area (Å²) in [5.41, 5.74) is 0.988. The molecule has 182 valence electrons. The van der Waals surface area contributed by atoms with E-state index >= 15 is 0 Å². The van der Waals surface area contributed by atoms with E-state index < -0.39 is 24.6 Å². The Morgan fingerprint density at radius 2 is 2.00 bits per heavy atom. The Hall–Kier alpha value is -2.92. The molecule has 1 aromatic carbocycles. The zero-order valence-electron chi connectivity index (χ0n) is 18.4. The minimum absolute atomic E-state index is 0.0433. The number of nitrogens with zero attached hydrogens (tertiary/aromatic N) is 2. The molecule has 1 N–H and O–H groups in total. The summed E-state index contributed by atoms with van der Waals surface area (Å²) in [7, 11) is 0. The van der Waals surface area contributed by atoms with Crippen molar-refractivity contribution >= 4 is 63.9 Å². The lowest BCUT2D eigenvalue weighted by Gasteiger charge is -2.23. The summed E-state index contributed by atoms with van der Waals surface area (Å²) in [6.45, 7) is 3.05. The predicted octanol–water partition coefficient (Wildman–Crippen LogP) is 3.63. The van der Waals surface area contributed by atoms with Crippen molar-refractivity contribution in [2.24, 2.45) is 4.99 Å². The largest absolute Gasteiger partial charge is 0.479 e. The highest BCUT2D eigenvalue weighted by molar-refractivity contribution is 7.10. The molecule has 3 heterocycles. The summed E-state index contributed by atoms with van der Waals surface area (Å²) in [6.07, 6.45) is 1.61. The van der Waals surface area contributed by atoms with Crippen molar-refractivity contribution in [3.63, 3.8) is 0 Å². The van der Waals surface area contributed by atoms with Crippen LogP contribution in [0.2, 0.25) is 10.0 Å². The number of carboxylic acids is 1. The maximum Gasteiger partial charge on any atom is 0.341 e. The third-order valence-electron chi connectivity index (χ3n) is 4.99. The first-order valence-corrected chi connectivity index (χ1v) is 12.7. The van der Waals surface area contributed by atoms with Crippen LogP contribution >= 0.6 is 45.9 Å². The zero-order chi connectivity index (χ0) is 25.3. The standard InChI is InChI=1S/C23H18Cl2N2O6S2/c1-3-32-22(31)18-11(2)26-23-27(19(18)15-5-4-6-34-15)21(30)16(35-23)9-12-7-13(24)20(14(25)8-12)33-10-17(28)29/h4-9,19H,3,10H2,1-2H3,(H,28,29)/b16-9-/t19-/m1/s1. The fourth-order valence-corrected chi connectivity index (χ4v) is 6.08. The fraction of sp³-hybridized carbons (Fsp3) is 0.217. The van der Waals surface area contributed by atoms with Gasteiger partial charge in [0.05, 0.1) is 32.5 Å². The molecular formula is C23H18Cl2N2O6S2. The number of thiophene rings is 1. The Kier molecular flexibility index (Phi) is 7.46. The Bertz CT molecular complexity index is 1500. The number of carbonyl (C=O) groups excluding carboxylic acids is 1. The molecule has 0 saturated carbocycles. The summed E-state index contributed by atoms with van der Waals surface area (Å²) in [5.74, 6) is -1.64. The first-order chi connectivity index (χ1) is 16.7. The normalized spacial score (nSPS) is 15.5. The quantitative estimate of drug-likeness (QED) is 0.448. The number of esters is 1. The van der Waals surface area contributed by atoms with E-state index in [-0.39, 0.29) is 28.0 Å². The zero-order valence-corrected chi connectivity index (χ0v) is 21.6. The molecule has 0 unspecified atom stereocenters. The van der Waals surface area contributed by atoms with Crippen molar-refractivity contribution in [1.29, 1.82) is 0 Å². The molecule has 0 saturated heterocycles. The van der Waals surface area contributed by atoms with Crippen LogP contribution in [-0.2, 0) is 14.3 Å². The lowest BCUT2D eigenvalue weighted by Crippen LogP contribution is -2.39. The van der Waals surface area contributed by atoms with Gasteiger partial charge in [-0.25, -0.2) is 14.6 Å². The van der Waals surface area contributed by atoms with Gasteiger partial charge in [-0.3, -0.25) is 9.36 Å². The van der Waals surface area contributed by atoms with E-state index in [1.165, 1.54) is 39.4 Å². The predicted molar refractivity (Wildman–Crippen MR) is 134 cm³/mol. The molecule has 35 heavy (non-hydrogen) atoms. The van der Waals surface area contributed by atoms with Gasteiger partial charge in [0, 0.05) is 4.88 Å². The lowest BCUT2D eigenvalue weighted by atomic mass is 10.0. The number of fused-ring (bicyclic) bond motifs is 1. The Morgan fingerprint density at radius 1 is 1.29 bits per heavy atom. The summed E-state index contributed by atoms with van der Waals surface area (Å²) in [4.78, 5) is 42.9. The van der Waals surface area contributed by atoms with Gasteiger partial charge in [-0.15, -0.1) is 11.3 Å². The Balaban J connectivity index is 1.84. The second kappa shape index (κ2) is 10.4. The van der Waals surface area contributed by atoms with Gasteiger partial charge in [0.25, 0.3) is 5.56 Å². The van der Waals surface area contributed by atoms with Crippen LogP contribution in [0.3, 0.4) is 0 Å². The number of benzene rings is 1. The molecule has 0 radical (unpaired) electrons. The number of carbonyl (C=O) groups is 2. The van der Waals surface area contributed by atoms with Gasteiger partial charge >= 0.3 is 11.9 Å². The monoisotopic (exact) mass is 552 g/mol. The van der Waals surface area contributed by atoms with E-state index in [4.69, 9.17) is 37.8 Å². The maximum atomic E-state index is 13.5. The molecule has 1 aliphatic heterocycles. The van der Waals surface area contributed by atoms with Crippen LogP contribution in [0.15, 0.2) is 50.7 Å². The molecule has 0 fully saturated rings. The summed E-state index contributed by atoms with van der Waals surface area (Å²) < 4.78 is 12.3. The summed E-state index contributed by atoms with van der Waals surface area (Å²) >= 11 is 15.1. The third kappa shape index (κ3) is 5.06. The van der Waals surface area contributed by atoms with Crippen molar-refractivity contribution < 1.29 is 24.2 Å². The molecule has 0 aliphatic carbocycles. The average Bonchev–Trinajstić information content (AvgIpc) is 3.41. The number of hydrogen-bond acceptors (Lipinski definition) is 8. The molecule has 2 aromatic heterocycles. The van der Waals surface area contributed by atoms with Gasteiger partial charge in [-0.1, -0.05) is 40.6 Å². The van der Waals surface area contributed by atoms with Crippen LogP contribution < -0.4 is 19.6 Å². The molecule has 0 amide bonds. The minimum Gasteiger partial charge on any atom is -0.479 e. The molecule has 1 atom stereocenters. The smallest absolute Gasteiger partial charge is 0.341 e. The summed E-state index contributed by atoms with van der Waals surface area (Å²) in [5, 5.41) is 10.9. The number of thiazole rings is 1. The molecule has 12 heteroatoms. The number of ether oxygens (including phenoxy) is 2. The SMILES string of the molecule is CCOC(=O)C1=C(C)N=c2s/c(=C\c3cc(Cl)c(OCC(=O)O)c(Cl)c3)c(=O)n2[C@@H]1c1cccs1. The molecule has 3 aromatic rings. The van der Waals surface area contributed by atoms with Crippen LogP contribution in [0.4, 0.5) is 0 Å². The molecule has 0 spiro atoms. The van der Waals surface area contributed by atoms with Crippen molar-refractivity contribution in [3.8, 4) is 5.75 Å². The van der Waals surface area contributed by atoms with E-state index in [1.807, 2.05) is 17.5 Å². The topological polar surface area (TPSA) is 107 Å². The number of halogens is 2. The van der Waals surface area contributed by atoms with Gasteiger partial charge in [-0.05, 0) is 49.1 Å². The van der Waals surface area contributed by atoms with Crippen LogP contribution in [-0.4, -0.2) is 34.8 Å². The van der Waals surface area contributed by atoms with Gasteiger partial charge in [0.1, 0.15) is 6.04 Å². The van der Waals surface area contributed by atoms with E-state index in [2.05, 4.69) is 4.99 Å². The van der Waals surface area contributed by atoms with E-state index in [0.717, 1.165) is 4.88 Å². The van der Waals surface area contributed by atoms with Gasteiger partial charge < -0.3 is 14.6 Å². The number of rotatable bonds is 7. The third-order valence-corrected chi connectivity index (χ3v) is 7.46. The van der Waals surface area contributed by atoms with E-state index in [9.17, 15) is 14.4 Å². The highest BCUT2D eigenvalue weighted by Gasteiger charge is 2.33. The van der Waals surface area contributed by atoms with Crippen LogP contribution in [0.1, 0.15) is 30.3 Å². The molecule has 4 rings (SSSR count). The van der Waals surface area contributed by atoms with Gasteiger partial charge in [0.2, 0.25) is 0 Å². The second-order valence-electron chi connectivity index (χ2n) is 7.31. The lowest BCUT2D eigenvalue weighted by molar-refractivity contribution is -0.140. The number of hydrogen-bond donors (Lipinski definition) is 1. The van der Waals surface area contributed by atoms with Crippen LogP contribution in [0.5, 0.6) is 5.75 Å². The minimum atomic E-state index is -1.17. The van der Waals surface area contributed by atoms with Crippen molar-refractivity contribution in [2.75, 3.05) is 13.2 Å². The number of allylic oxidation sites excluding steroid dienone is 1.